The van der Waals surface area contributed by atoms with Crippen LogP contribution in [0.25, 0.3) is 0 Å². The van der Waals surface area contributed by atoms with E-state index in [0.717, 1.165) is 10.5 Å². The maximum atomic E-state index is 13.4. The number of carbonyl (C=O) groups is 3. The van der Waals surface area contributed by atoms with E-state index in [4.69, 9.17) is 4.74 Å². The number of carbonyl (C=O) groups excluding carboxylic acids is 3. The Hall–Kier alpha value is -4.20. The highest BCUT2D eigenvalue weighted by Gasteiger charge is 2.46. The third-order valence-corrected chi connectivity index (χ3v) is 5.60. The van der Waals surface area contributed by atoms with Crippen LogP contribution in [-0.2, 0) is 16.1 Å². The molecule has 3 aromatic carbocycles. The number of rotatable bonds is 7. The van der Waals surface area contributed by atoms with E-state index in [1.165, 1.54) is 17.0 Å². The van der Waals surface area contributed by atoms with Crippen LogP contribution in [-0.4, -0.2) is 35.9 Å². The highest BCUT2D eigenvalue weighted by Crippen LogP contribution is 2.29. The van der Waals surface area contributed by atoms with Gasteiger partial charge in [-0.2, -0.15) is 0 Å². The average Bonchev–Trinajstić information content (AvgIpc) is 3.04. The molecule has 8 heteroatoms. The van der Waals surface area contributed by atoms with E-state index in [2.05, 4.69) is 5.32 Å². The zero-order valence-corrected chi connectivity index (χ0v) is 18.8. The molecule has 1 aliphatic rings. The minimum absolute atomic E-state index is 0.0631. The van der Waals surface area contributed by atoms with Crippen LogP contribution < -0.4 is 15.0 Å². The molecule has 1 heterocycles. The number of methoxy groups -OCH3 is 1. The van der Waals surface area contributed by atoms with E-state index < -0.39 is 29.7 Å². The monoisotopic (exact) mass is 461 g/mol. The second-order valence-corrected chi connectivity index (χ2v) is 8.05. The fourth-order valence-corrected chi connectivity index (χ4v) is 3.87. The Morgan fingerprint density at radius 3 is 2.38 bits per heavy atom. The van der Waals surface area contributed by atoms with Crippen molar-refractivity contribution >= 4 is 29.2 Å². The van der Waals surface area contributed by atoms with Gasteiger partial charge in [0, 0.05) is 12.2 Å². The van der Waals surface area contributed by atoms with Gasteiger partial charge in [-0.25, -0.2) is 14.1 Å². The lowest BCUT2D eigenvalue weighted by Crippen LogP contribution is -2.37. The number of urea groups is 1. The normalized spacial score (nSPS) is 15.6. The SMILES string of the molecule is COc1ccc(NC(=O)CC2C(=O)N(c3cccc(C)c3)C(=O)N2Cc2ccc(F)cc2)cc1. The van der Waals surface area contributed by atoms with Crippen LogP contribution in [0.2, 0.25) is 0 Å². The second-order valence-electron chi connectivity index (χ2n) is 8.05. The average molecular weight is 461 g/mol. The van der Waals surface area contributed by atoms with Gasteiger partial charge < -0.3 is 15.0 Å². The lowest BCUT2D eigenvalue weighted by molar-refractivity contribution is -0.124. The van der Waals surface area contributed by atoms with Crippen molar-refractivity contribution in [3.8, 4) is 5.75 Å². The van der Waals surface area contributed by atoms with Crippen LogP contribution in [0.1, 0.15) is 17.5 Å². The van der Waals surface area contributed by atoms with Crippen LogP contribution in [0.4, 0.5) is 20.6 Å². The van der Waals surface area contributed by atoms with E-state index in [1.54, 1.807) is 61.7 Å². The Morgan fingerprint density at radius 2 is 1.74 bits per heavy atom. The van der Waals surface area contributed by atoms with Gasteiger partial charge in [0.05, 0.1) is 19.2 Å². The summed E-state index contributed by atoms with van der Waals surface area (Å²) in [5.41, 5.74) is 2.53. The number of hydrogen-bond donors (Lipinski definition) is 1. The molecule has 3 aromatic rings. The van der Waals surface area contributed by atoms with Gasteiger partial charge >= 0.3 is 6.03 Å². The van der Waals surface area contributed by atoms with Gasteiger partial charge in [0.1, 0.15) is 17.6 Å². The summed E-state index contributed by atoms with van der Waals surface area (Å²) >= 11 is 0. The minimum Gasteiger partial charge on any atom is -0.497 e. The number of amides is 4. The molecular formula is C26H24FN3O4. The highest BCUT2D eigenvalue weighted by molar-refractivity contribution is 6.22. The zero-order valence-electron chi connectivity index (χ0n) is 18.8. The van der Waals surface area contributed by atoms with Crippen molar-refractivity contribution in [2.45, 2.75) is 25.9 Å². The van der Waals surface area contributed by atoms with Crippen LogP contribution >= 0.6 is 0 Å². The van der Waals surface area contributed by atoms with Gasteiger partial charge in [0.2, 0.25) is 5.91 Å². The molecule has 1 aliphatic heterocycles. The molecule has 174 valence electrons. The minimum atomic E-state index is -1.00. The summed E-state index contributed by atoms with van der Waals surface area (Å²) in [6, 6.07) is 18.0. The second kappa shape index (κ2) is 9.74. The first kappa shape index (κ1) is 23.0. The molecule has 0 aromatic heterocycles. The standard InChI is InChI=1S/C26H24FN3O4/c1-17-4-3-5-21(14-17)30-25(32)23(15-24(31)28-20-10-12-22(34-2)13-11-20)29(26(30)33)16-18-6-8-19(27)9-7-18/h3-14,23H,15-16H2,1-2H3,(H,28,31). The predicted molar refractivity (Wildman–Crippen MR) is 126 cm³/mol. The third-order valence-electron chi connectivity index (χ3n) is 5.60. The van der Waals surface area contributed by atoms with E-state index in [0.29, 0.717) is 22.7 Å². The van der Waals surface area contributed by atoms with Crippen molar-refractivity contribution < 1.29 is 23.5 Å². The lowest BCUT2D eigenvalue weighted by Gasteiger charge is -2.21. The van der Waals surface area contributed by atoms with Crippen molar-refractivity contribution in [1.82, 2.24) is 4.90 Å². The Bertz CT molecular complexity index is 1210. The first-order valence-corrected chi connectivity index (χ1v) is 10.8. The fraction of sp³-hybridized carbons (Fsp3) is 0.192. The quantitative estimate of drug-likeness (QED) is 0.525. The summed E-state index contributed by atoms with van der Waals surface area (Å²) in [5.74, 6) is -0.646. The van der Waals surface area contributed by atoms with Crippen LogP contribution in [0.5, 0.6) is 5.75 Å². The molecular weight excluding hydrogens is 437 g/mol. The highest BCUT2D eigenvalue weighted by atomic mass is 19.1. The van der Waals surface area contributed by atoms with Gasteiger partial charge in [-0.05, 0) is 66.6 Å². The number of halogens is 1. The lowest BCUT2D eigenvalue weighted by atomic mass is 10.1. The molecule has 4 amide bonds. The van der Waals surface area contributed by atoms with E-state index in [1.807, 2.05) is 13.0 Å². The molecule has 7 nitrogen and oxygen atoms in total. The largest absolute Gasteiger partial charge is 0.497 e. The Balaban J connectivity index is 1.59. The zero-order chi connectivity index (χ0) is 24.2. The molecule has 1 fully saturated rings. The molecule has 0 radical (unpaired) electrons. The maximum Gasteiger partial charge on any atom is 0.332 e. The van der Waals surface area contributed by atoms with Gasteiger partial charge in [-0.15, -0.1) is 0 Å². The Labute approximate surface area is 196 Å². The third kappa shape index (κ3) is 4.91. The molecule has 1 saturated heterocycles. The summed E-state index contributed by atoms with van der Waals surface area (Å²) in [6.07, 6.45) is -0.222. The molecule has 1 N–H and O–H groups in total. The van der Waals surface area contributed by atoms with E-state index in [-0.39, 0.29) is 13.0 Å². The molecule has 0 spiro atoms. The summed E-state index contributed by atoms with van der Waals surface area (Å²) in [6.45, 7) is 1.93. The summed E-state index contributed by atoms with van der Waals surface area (Å²) < 4.78 is 18.5. The number of nitrogens with one attached hydrogen (secondary N) is 1. The number of imide groups is 1. The number of ether oxygens (including phenoxy) is 1. The Kier molecular flexibility index (Phi) is 6.58. The van der Waals surface area contributed by atoms with Crippen molar-refractivity contribution in [3.05, 3.63) is 89.7 Å². The van der Waals surface area contributed by atoms with Gasteiger partial charge in [0.15, 0.2) is 0 Å². The molecule has 0 aliphatic carbocycles. The van der Waals surface area contributed by atoms with Crippen LogP contribution in [0, 0.1) is 12.7 Å². The number of aryl methyl sites for hydroxylation is 1. The molecule has 0 bridgehead atoms. The number of nitrogens with zero attached hydrogens (tertiary/aromatic N) is 2. The molecule has 34 heavy (non-hydrogen) atoms. The van der Waals surface area contributed by atoms with E-state index in [9.17, 15) is 18.8 Å². The molecule has 1 atom stereocenters. The van der Waals surface area contributed by atoms with E-state index >= 15 is 0 Å². The Morgan fingerprint density at radius 1 is 1.03 bits per heavy atom. The van der Waals surface area contributed by atoms with Gasteiger partial charge in [-0.3, -0.25) is 9.59 Å². The van der Waals surface area contributed by atoms with Crippen molar-refractivity contribution in [3.63, 3.8) is 0 Å². The topological polar surface area (TPSA) is 79.0 Å². The van der Waals surface area contributed by atoms with Crippen molar-refractivity contribution in [1.29, 1.82) is 0 Å². The molecule has 4 rings (SSSR count). The summed E-state index contributed by atoms with van der Waals surface area (Å²) in [4.78, 5) is 42.0. The smallest absolute Gasteiger partial charge is 0.332 e. The van der Waals surface area contributed by atoms with Crippen molar-refractivity contribution in [2.24, 2.45) is 0 Å². The van der Waals surface area contributed by atoms with Gasteiger partial charge in [0.25, 0.3) is 5.91 Å². The van der Waals surface area contributed by atoms with Crippen LogP contribution in [0.3, 0.4) is 0 Å². The number of hydrogen-bond acceptors (Lipinski definition) is 4. The van der Waals surface area contributed by atoms with Crippen LogP contribution in [0.15, 0.2) is 72.8 Å². The fourth-order valence-electron chi connectivity index (χ4n) is 3.87. The first-order valence-electron chi connectivity index (χ1n) is 10.8. The first-order chi connectivity index (χ1) is 16.4. The van der Waals surface area contributed by atoms with Gasteiger partial charge in [-0.1, -0.05) is 24.3 Å². The number of benzene rings is 3. The molecule has 1 unspecified atom stereocenters. The maximum absolute atomic E-state index is 13.4. The number of anilines is 2. The molecule has 0 saturated carbocycles. The summed E-state index contributed by atoms with van der Waals surface area (Å²) in [7, 11) is 1.55. The summed E-state index contributed by atoms with van der Waals surface area (Å²) in [5, 5.41) is 2.76. The predicted octanol–water partition coefficient (Wildman–Crippen LogP) is 4.51. The van der Waals surface area contributed by atoms with Crippen molar-refractivity contribution in [2.75, 3.05) is 17.3 Å².